The highest BCUT2D eigenvalue weighted by Gasteiger charge is 2.33. The Morgan fingerprint density at radius 3 is 2.78 bits per heavy atom. The molecule has 18 heavy (non-hydrogen) atoms. The highest BCUT2D eigenvalue weighted by atomic mass is 32.2. The van der Waals surface area contributed by atoms with Gasteiger partial charge in [-0.1, -0.05) is 41.7 Å². The maximum Gasteiger partial charge on any atom is 0.305 e. The molecule has 0 bridgehead atoms. The second-order valence-corrected chi connectivity index (χ2v) is 6.25. The van der Waals surface area contributed by atoms with Gasteiger partial charge >= 0.3 is 4.87 Å². The van der Waals surface area contributed by atoms with Gasteiger partial charge in [-0.2, -0.15) is 0 Å². The Morgan fingerprint density at radius 2 is 2.06 bits per heavy atom. The van der Waals surface area contributed by atoms with E-state index < -0.39 is 0 Å². The number of aldehydes is 1. The van der Waals surface area contributed by atoms with Crippen LogP contribution in [0.1, 0.15) is 16.4 Å². The van der Waals surface area contributed by atoms with E-state index in [4.69, 9.17) is 0 Å². The Kier molecular flexibility index (Phi) is 3.09. The van der Waals surface area contributed by atoms with Crippen LogP contribution in [0.3, 0.4) is 0 Å². The summed E-state index contributed by atoms with van der Waals surface area (Å²) in [5, 5.41) is 0.928. The van der Waals surface area contributed by atoms with Crippen molar-refractivity contribution >= 4 is 29.4 Å². The smallest absolute Gasteiger partial charge is 0.305 e. The lowest BCUT2D eigenvalue weighted by atomic mass is 9.87. The summed E-state index contributed by atoms with van der Waals surface area (Å²) in [5.41, 5.74) is 1.10. The van der Waals surface area contributed by atoms with Gasteiger partial charge in [-0.3, -0.25) is 4.79 Å². The van der Waals surface area contributed by atoms with Gasteiger partial charge in [0.1, 0.15) is 6.29 Å². The topological polar surface area (TPSA) is 49.9 Å². The molecule has 2 heterocycles. The van der Waals surface area contributed by atoms with Crippen LogP contribution in [-0.2, 0) is 4.79 Å². The predicted molar refractivity (Wildman–Crippen MR) is 73.5 cm³/mol. The molecule has 92 valence electrons. The molecule has 1 aliphatic rings. The minimum atomic E-state index is -0.0589. The third kappa shape index (κ3) is 1.93. The number of thioether (sulfide) groups is 1. The molecule has 0 amide bonds. The van der Waals surface area contributed by atoms with E-state index in [-0.39, 0.29) is 16.7 Å². The Labute approximate surface area is 112 Å². The number of hydrogen-bond donors (Lipinski definition) is 1. The first-order valence-electron chi connectivity index (χ1n) is 5.65. The van der Waals surface area contributed by atoms with Crippen LogP contribution in [0, 0.1) is 5.92 Å². The largest absolute Gasteiger partial charge is 0.307 e. The molecule has 0 unspecified atom stereocenters. The van der Waals surface area contributed by atoms with Crippen LogP contribution in [0.15, 0.2) is 40.2 Å². The van der Waals surface area contributed by atoms with Gasteiger partial charge in [0.25, 0.3) is 0 Å². The summed E-state index contributed by atoms with van der Waals surface area (Å²) in [6, 6.07) is 9.93. The zero-order valence-electron chi connectivity index (χ0n) is 9.46. The zero-order chi connectivity index (χ0) is 12.5. The van der Waals surface area contributed by atoms with Crippen LogP contribution < -0.4 is 4.87 Å². The van der Waals surface area contributed by atoms with Gasteiger partial charge in [-0.25, -0.2) is 0 Å². The van der Waals surface area contributed by atoms with E-state index in [0.717, 1.165) is 27.5 Å². The molecule has 2 atom stereocenters. The number of carbonyl (C=O) groups excluding carboxylic acids is 1. The van der Waals surface area contributed by atoms with Crippen LogP contribution in [-0.4, -0.2) is 17.0 Å². The average Bonchev–Trinajstić information content (AvgIpc) is 2.78. The van der Waals surface area contributed by atoms with Crippen LogP contribution >= 0.6 is 23.1 Å². The van der Waals surface area contributed by atoms with Gasteiger partial charge in [-0.15, -0.1) is 11.8 Å². The van der Waals surface area contributed by atoms with Crippen LogP contribution in [0.4, 0.5) is 0 Å². The number of nitrogens with one attached hydrogen (secondary N) is 1. The highest BCUT2D eigenvalue weighted by Crippen LogP contribution is 2.44. The Balaban J connectivity index is 2.14. The summed E-state index contributed by atoms with van der Waals surface area (Å²) >= 11 is 2.79. The molecule has 0 saturated heterocycles. The molecule has 1 aromatic heterocycles. The molecule has 0 spiro atoms. The van der Waals surface area contributed by atoms with Gasteiger partial charge in [0.05, 0.1) is 5.03 Å². The summed E-state index contributed by atoms with van der Waals surface area (Å²) in [7, 11) is 0. The number of rotatable bonds is 2. The van der Waals surface area contributed by atoms with Crippen molar-refractivity contribution in [2.75, 3.05) is 5.75 Å². The molecule has 1 aliphatic heterocycles. The molecule has 0 fully saturated rings. The Morgan fingerprint density at radius 1 is 1.28 bits per heavy atom. The molecule has 3 nitrogen and oxygen atoms in total. The summed E-state index contributed by atoms with van der Waals surface area (Å²) in [5.74, 6) is 0.683. The first kappa shape index (κ1) is 11.7. The highest BCUT2D eigenvalue weighted by molar-refractivity contribution is 7.99. The van der Waals surface area contributed by atoms with E-state index in [2.05, 4.69) is 4.98 Å². The van der Waals surface area contributed by atoms with E-state index in [1.54, 1.807) is 11.8 Å². The second-order valence-electron chi connectivity index (χ2n) is 4.21. The number of aromatic amines is 1. The van der Waals surface area contributed by atoms with Crippen molar-refractivity contribution < 1.29 is 4.79 Å². The third-order valence-corrected chi connectivity index (χ3v) is 5.36. The van der Waals surface area contributed by atoms with Gasteiger partial charge in [0.2, 0.25) is 0 Å². The lowest BCUT2D eigenvalue weighted by molar-refractivity contribution is -0.110. The van der Waals surface area contributed by atoms with E-state index in [9.17, 15) is 9.59 Å². The second kappa shape index (κ2) is 4.74. The van der Waals surface area contributed by atoms with Crippen LogP contribution in [0.25, 0.3) is 0 Å². The fourth-order valence-corrected chi connectivity index (χ4v) is 4.65. The maximum atomic E-state index is 11.5. The first-order chi connectivity index (χ1) is 8.79. The quantitative estimate of drug-likeness (QED) is 0.858. The van der Waals surface area contributed by atoms with Crippen molar-refractivity contribution in [2.24, 2.45) is 5.92 Å². The van der Waals surface area contributed by atoms with Crippen molar-refractivity contribution in [1.82, 2.24) is 4.98 Å². The van der Waals surface area contributed by atoms with Crippen molar-refractivity contribution in [3.63, 3.8) is 0 Å². The monoisotopic (exact) mass is 277 g/mol. The first-order valence-corrected chi connectivity index (χ1v) is 7.46. The summed E-state index contributed by atoms with van der Waals surface area (Å²) in [6.07, 6.45) is 1.01. The molecule has 0 radical (unpaired) electrons. The standard InChI is InChI=1S/C13H11NO2S2/c15-6-9-7-17-12-11(18-13(16)14-12)10(9)8-4-2-1-3-5-8/h1-6,9-10H,7H2,(H,14,16)/t9-,10+/m0/s1. The molecule has 0 aliphatic carbocycles. The Hall–Kier alpha value is -1.33. The van der Waals surface area contributed by atoms with Gasteiger partial charge in [0, 0.05) is 22.5 Å². The predicted octanol–water partition coefficient (Wildman–Crippen LogP) is 2.49. The number of hydrogen-bond acceptors (Lipinski definition) is 4. The molecule has 5 heteroatoms. The van der Waals surface area contributed by atoms with Gasteiger partial charge < -0.3 is 9.78 Å². The van der Waals surface area contributed by atoms with Crippen molar-refractivity contribution in [1.29, 1.82) is 0 Å². The summed E-state index contributed by atoms with van der Waals surface area (Å²) in [6.45, 7) is 0. The fourth-order valence-electron chi connectivity index (χ4n) is 2.28. The van der Waals surface area contributed by atoms with Crippen molar-refractivity contribution in [3.8, 4) is 0 Å². The molecular weight excluding hydrogens is 266 g/mol. The van der Waals surface area contributed by atoms with E-state index in [1.165, 1.54) is 11.3 Å². The van der Waals surface area contributed by atoms with Gasteiger partial charge in [0.15, 0.2) is 0 Å². The molecule has 1 aromatic carbocycles. The van der Waals surface area contributed by atoms with Crippen LogP contribution in [0.5, 0.6) is 0 Å². The number of aromatic nitrogens is 1. The SMILES string of the molecule is O=C[C@H]1CSc2[nH]c(=O)sc2[C@@H]1c1ccccc1. The third-order valence-electron chi connectivity index (χ3n) is 3.11. The number of benzene rings is 1. The fraction of sp³-hybridized carbons (Fsp3) is 0.231. The lowest BCUT2D eigenvalue weighted by Gasteiger charge is -2.27. The minimum absolute atomic E-state index is 0.0175. The number of fused-ring (bicyclic) bond motifs is 1. The zero-order valence-corrected chi connectivity index (χ0v) is 11.1. The minimum Gasteiger partial charge on any atom is -0.307 e. The number of carbonyl (C=O) groups is 1. The molecule has 0 saturated carbocycles. The lowest BCUT2D eigenvalue weighted by Crippen LogP contribution is -2.21. The van der Waals surface area contributed by atoms with E-state index >= 15 is 0 Å². The average molecular weight is 277 g/mol. The molecular formula is C13H11NO2S2. The van der Waals surface area contributed by atoms with E-state index in [0.29, 0.717) is 0 Å². The van der Waals surface area contributed by atoms with Gasteiger partial charge in [-0.05, 0) is 5.56 Å². The van der Waals surface area contributed by atoms with Crippen LogP contribution in [0.2, 0.25) is 0 Å². The van der Waals surface area contributed by atoms with E-state index in [1.807, 2.05) is 30.3 Å². The summed E-state index contributed by atoms with van der Waals surface area (Å²) in [4.78, 5) is 26.6. The van der Waals surface area contributed by atoms with Crippen molar-refractivity contribution in [2.45, 2.75) is 10.9 Å². The Bertz CT molecular complexity index is 617. The molecule has 3 rings (SSSR count). The maximum absolute atomic E-state index is 11.5. The van der Waals surface area contributed by atoms with Crippen molar-refractivity contribution in [3.05, 3.63) is 50.4 Å². The number of thiazole rings is 1. The molecule has 1 N–H and O–H groups in total. The number of H-pyrrole nitrogens is 1. The molecule has 2 aromatic rings. The summed E-state index contributed by atoms with van der Waals surface area (Å²) < 4.78 is 0. The normalized spacial score (nSPS) is 22.4.